The van der Waals surface area contributed by atoms with Crippen LogP contribution in [0, 0.1) is 29.6 Å². The number of nitriles is 2. The smallest absolute Gasteiger partial charge is 0.179 e. The molecule has 0 aromatic carbocycles. The Hall–Kier alpha value is -2.96. The minimum atomic E-state index is -0.00706. The zero-order chi connectivity index (χ0) is 14.4. The Labute approximate surface area is 116 Å². The van der Waals surface area contributed by atoms with Gasteiger partial charge in [-0.3, -0.25) is 0 Å². The van der Waals surface area contributed by atoms with Crippen LogP contribution < -0.4 is 10.9 Å². The van der Waals surface area contributed by atoms with Crippen molar-refractivity contribution in [2.75, 3.05) is 5.43 Å². The largest absolute Gasteiger partial charge is 0.303 e. The highest BCUT2D eigenvalue weighted by molar-refractivity contribution is 5.46. The fourth-order valence-electron chi connectivity index (χ4n) is 1.60. The highest BCUT2D eigenvalue weighted by Crippen LogP contribution is 2.11. The number of hydrazine groups is 1. The lowest BCUT2D eigenvalue weighted by atomic mass is 10.3. The van der Waals surface area contributed by atoms with Crippen molar-refractivity contribution in [2.24, 2.45) is 0 Å². The monoisotopic (exact) mass is 264 g/mol. The molecule has 0 fully saturated rings. The van der Waals surface area contributed by atoms with E-state index in [0.29, 0.717) is 11.5 Å². The van der Waals surface area contributed by atoms with Crippen LogP contribution in [-0.4, -0.2) is 16.0 Å². The lowest BCUT2D eigenvalue weighted by Gasteiger charge is -2.13. The second-order valence-corrected chi connectivity index (χ2v) is 4.03. The Balaban J connectivity index is 2.14. The molecule has 2 N–H and O–H groups in total. The molecular weight excluding hydrogens is 252 g/mol. The summed E-state index contributed by atoms with van der Waals surface area (Å²) in [6.07, 6.45) is 11.6. The van der Waals surface area contributed by atoms with Crippen molar-refractivity contribution in [3.63, 3.8) is 0 Å². The molecule has 0 radical (unpaired) electrons. The van der Waals surface area contributed by atoms with Gasteiger partial charge in [0.05, 0.1) is 11.7 Å². The third kappa shape index (κ3) is 3.08. The molecule has 0 spiro atoms. The quantitative estimate of drug-likeness (QED) is 0.803. The topological polar surface area (TPSA) is 97.4 Å². The van der Waals surface area contributed by atoms with E-state index in [9.17, 15) is 0 Å². The van der Waals surface area contributed by atoms with E-state index in [-0.39, 0.29) is 17.4 Å². The minimum Gasteiger partial charge on any atom is -0.303 e. The molecule has 1 aliphatic carbocycles. The molecule has 0 bridgehead atoms. The Morgan fingerprint density at radius 3 is 2.20 bits per heavy atom. The van der Waals surface area contributed by atoms with Crippen LogP contribution in [0.15, 0.2) is 36.5 Å². The van der Waals surface area contributed by atoms with Crippen molar-refractivity contribution in [3.8, 4) is 12.1 Å². The first kappa shape index (κ1) is 13.5. The average Bonchev–Trinajstić information content (AvgIpc) is 2.74. The third-order valence-electron chi connectivity index (χ3n) is 2.61. The molecule has 20 heavy (non-hydrogen) atoms. The van der Waals surface area contributed by atoms with E-state index < -0.39 is 0 Å². The van der Waals surface area contributed by atoms with Gasteiger partial charge >= 0.3 is 0 Å². The molecule has 1 aromatic rings. The first-order chi connectivity index (χ1) is 9.74. The molecule has 98 valence electrons. The van der Waals surface area contributed by atoms with Crippen LogP contribution in [0.4, 0.5) is 5.82 Å². The van der Waals surface area contributed by atoms with Crippen molar-refractivity contribution < 1.29 is 0 Å². The summed E-state index contributed by atoms with van der Waals surface area (Å²) in [5, 5.41) is 17.8. The molecule has 0 saturated heterocycles. The molecule has 1 heterocycles. The summed E-state index contributed by atoms with van der Waals surface area (Å²) < 4.78 is 0. The maximum absolute atomic E-state index is 8.94. The average molecular weight is 264 g/mol. The normalized spacial score (nSPS) is 13.6. The number of allylic oxidation sites excluding steroid dienone is 4. The van der Waals surface area contributed by atoms with Gasteiger partial charge in [-0.25, -0.2) is 15.4 Å². The second kappa shape index (κ2) is 6.28. The van der Waals surface area contributed by atoms with E-state index in [2.05, 4.69) is 20.8 Å². The molecule has 0 aliphatic heterocycles. The summed E-state index contributed by atoms with van der Waals surface area (Å²) in [5.41, 5.74) is 6.57. The van der Waals surface area contributed by atoms with Crippen LogP contribution in [0.1, 0.15) is 17.1 Å². The molecule has 1 aliphatic rings. The summed E-state index contributed by atoms with van der Waals surface area (Å²) >= 11 is 0. The van der Waals surface area contributed by atoms with Crippen molar-refractivity contribution >= 4 is 5.82 Å². The standard InChI is InChI=1S/C14H12N6/c1-10-14(18-13(9-16)12(8-15)17-10)20-19-11-6-4-2-3-5-7-11/h2-7,11,19H,1H3,(H,18,20). The van der Waals surface area contributed by atoms with Crippen LogP contribution in [0.3, 0.4) is 0 Å². The van der Waals surface area contributed by atoms with Crippen molar-refractivity contribution in [2.45, 2.75) is 13.0 Å². The molecule has 6 heteroatoms. The Bertz CT molecular complexity index is 656. The Kier molecular flexibility index (Phi) is 4.23. The summed E-state index contributed by atoms with van der Waals surface area (Å²) in [4.78, 5) is 8.13. The van der Waals surface area contributed by atoms with Crippen LogP contribution >= 0.6 is 0 Å². The van der Waals surface area contributed by atoms with Gasteiger partial charge < -0.3 is 5.43 Å². The number of aromatic nitrogens is 2. The maximum Gasteiger partial charge on any atom is 0.179 e. The molecule has 2 rings (SSSR count). The highest BCUT2D eigenvalue weighted by Gasteiger charge is 2.11. The van der Waals surface area contributed by atoms with E-state index in [1.165, 1.54) is 0 Å². The molecule has 1 aromatic heterocycles. The maximum atomic E-state index is 8.94. The van der Waals surface area contributed by atoms with Crippen molar-refractivity contribution in [3.05, 3.63) is 53.5 Å². The first-order valence-electron chi connectivity index (χ1n) is 5.96. The number of hydrogen-bond donors (Lipinski definition) is 2. The molecule has 0 saturated carbocycles. The highest BCUT2D eigenvalue weighted by atomic mass is 15.4. The van der Waals surface area contributed by atoms with Gasteiger partial charge in [-0.1, -0.05) is 36.5 Å². The zero-order valence-corrected chi connectivity index (χ0v) is 10.8. The number of nitrogens with one attached hydrogen (secondary N) is 2. The van der Waals surface area contributed by atoms with Gasteiger partial charge in [0.1, 0.15) is 12.1 Å². The van der Waals surface area contributed by atoms with Gasteiger partial charge in [-0.2, -0.15) is 10.5 Å². The van der Waals surface area contributed by atoms with E-state index in [1.54, 1.807) is 6.92 Å². The van der Waals surface area contributed by atoms with Gasteiger partial charge in [0.2, 0.25) is 0 Å². The van der Waals surface area contributed by atoms with E-state index in [0.717, 1.165) is 0 Å². The third-order valence-corrected chi connectivity index (χ3v) is 2.61. The second-order valence-electron chi connectivity index (χ2n) is 4.03. The fraction of sp³-hybridized carbons (Fsp3) is 0.143. The number of anilines is 1. The summed E-state index contributed by atoms with van der Waals surface area (Å²) in [7, 11) is 0. The molecule has 0 unspecified atom stereocenters. The van der Waals surface area contributed by atoms with E-state index in [4.69, 9.17) is 10.5 Å². The SMILES string of the molecule is Cc1nc(C#N)c(C#N)nc1NNC1C=CC=CC=C1. The number of hydrogen-bond acceptors (Lipinski definition) is 6. The minimum absolute atomic E-state index is 0.00706. The molecule has 0 amide bonds. The van der Waals surface area contributed by atoms with Gasteiger partial charge in [0, 0.05) is 0 Å². The van der Waals surface area contributed by atoms with E-state index in [1.807, 2.05) is 48.6 Å². The van der Waals surface area contributed by atoms with Crippen molar-refractivity contribution in [1.29, 1.82) is 10.5 Å². The van der Waals surface area contributed by atoms with Crippen LogP contribution in [0.5, 0.6) is 0 Å². The lowest BCUT2D eigenvalue weighted by Crippen LogP contribution is -2.32. The van der Waals surface area contributed by atoms with Gasteiger partial charge in [0.15, 0.2) is 17.2 Å². The first-order valence-corrected chi connectivity index (χ1v) is 5.96. The fourth-order valence-corrected chi connectivity index (χ4v) is 1.60. The number of rotatable bonds is 3. The van der Waals surface area contributed by atoms with Gasteiger partial charge in [0.25, 0.3) is 0 Å². The van der Waals surface area contributed by atoms with Crippen LogP contribution in [0.25, 0.3) is 0 Å². The predicted molar refractivity (Wildman–Crippen MR) is 74.2 cm³/mol. The van der Waals surface area contributed by atoms with Crippen LogP contribution in [0.2, 0.25) is 0 Å². The van der Waals surface area contributed by atoms with Gasteiger partial charge in [-0.05, 0) is 6.92 Å². The van der Waals surface area contributed by atoms with E-state index >= 15 is 0 Å². The Morgan fingerprint density at radius 2 is 1.60 bits per heavy atom. The summed E-state index contributed by atoms with van der Waals surface area (Å²) in [6, 6.07) is 3.71. The van der Waals surface area contributed by atoms with Crippen LogP contribution in [-0.2, 0) is 0 Å². The predicted octanol–water partition coefficient (Wildman–Crippen LogP) is 1.50. The van der Waals surface area contributed by atoms with Gasteiger partial charge in [-0.15, -0.1) is 0 Å². The summed E-state index contributed by atoms with van der Waals surface area (Å²) in [6.45, 7) is 1.72. The zero-order valence-electron chi connectivity index (χ0n) is 10.8. The summed E-state index contributed by atoms with van der Waals surface area (Å²) in [5.74, 6) is 0.430. The Morgan fingerprint density at radius 1 is 1.00 bits per heavy atom. The lowest BCUT2D eigenvalue weighted by molar-refractivity contribution is 0.766. The molecular formula is C14H12N6. The van der Waals surface area contributed by atoms with Crippen molar-refractivity contribution in [1.82, 2.24) is 15.4 Å². The number of nitrogens with zero attached hydrogens (tertiary/aromatic N) is 4. The molecule has 6 nitrogen and oxygen atoms in total. The molecule has 0 atom stereocenters. The number of aryl methyl sites for hydroxylation is 1.